The number of hydrogen-bond acceptors (Lipinski definition) is 24. The van der Waals surface area contributed by atoms with E-state index in [4.69, 9.17) is 17.2 Å². The van der Waals surface area contributed by atoms with Gasteiger partial charge in [-0.25, -0.2) is 0 Å². The zero-order valence-corrected chi connectivity index (χ0v) is 84.2. The molecule has 1 aromatic carbocycles. The van der Waals surface area contributed by atoms with Crippen molar-refractivity contribution in [3.8, 4) is 0 Å². The highest BCUT2D eigenvalue weighted by atomic mass is 16.3. The predicted octanol–water partition coefficient (Wildman–Crippen LogP) is -4.39. The number of ketones is 1. The molecule has 0 bridgehead atoms. The number of Topliss-reactive ketones (excluding diaryl/α,β-unsaturated/α-hetero) is 1. The van der Waals surface area contributed by atoms with Crippen molar-refractivity contribution in [2.24, 2.45) is 46.3 Å². The first-order valence-electron chi connectivity index (χ1n) is 46.2. The Labute approximate surface area is 805 Å². The quantitative estimate of drug-likeness (QED) is 0.0274. The zero-order valence-electron chi connectivity index (χ0n) is 84.2. The van der Waals surface area contributed by atoms with Crippen LogP contribution in [0.4, 0.5) is 0 Å². The van der Waals surface area contributed by atoms with Gasteiger partial charge in [0.05, 0.1) is 25.1 Å². The highest BCUT2D eigenvalue weighted by Crippen LogP contribution is 2.28. The number of rotatable bonds is 53. The molecule has 3 rings (SSSR count). The highest BCUT2D eigenvalue weighted by Gasteiger charge is 2.49. The van der Waals surface area contributed by atoms with Crippen molar-refractivity contribution in [1.29, 1.82) is 0 Å². The van der Waals surface area contributed by atoms with Gasteiger partial charge in [0.15, 0.2) is 0 Å². The first kappa shape index (κ1) is 119. The average molecular weight is 1950 g/mol. The number of benzene rings is 1. The topological polar surface area (TPSA) is 702 Å². The molecule has 0 saturated carbocycles. The number of aliphatic hydroxyl groups is 1. The molecular weight excluding hydrogens is 1800 g/mol. The van der Waals surface area contributed by atoms with Gasteiger partial charge in [-0.15, -0.1) is 0 Å². The Balaban J connectivity index is 1.65. The maximum atomic E-state index is 14.6. The van der Waals surface area contributed by atoms with Gasteiger partial charge in [0.1, 0.15) is 104 Å². The van der Waals surface area contributed by atoms with Crippen molar-refractivity contribution in [1.82, 2.24) is 100 Å². The smallest absolute Gasteiger partial charge is 0.248 e. The number of amides is 22. The normalized spacial score (nSPS) is 16.2. The van der Waals surface area contributed by atoms with Crippen LogP contribution in [0.3, 0.4) is 0 Å². The molecule has 2 fully saturated rings. The van der Waals surface area contributed by atoms with E-state index in [0.717, 1.165) is 5.56 Å². The summed E-state index contributed by atoms with van der Waals surface area (Å²) >= 11 is 0. The van der Waals surface area contributed by atoms with Crippen molar-refractivity contribution in [2.45, 2.75) is 343 Å². The molecule has 0 aliphatic carbocycles. The van der Waals surface area contributed by atoms with E-state index in [0.29, 0.717) is 6.42 Å². The lowest BCUT2D eigenvalue weighted by atomic mass is 9.87. The van der Waals surface area contributed by atoms with Gasteiger partial charge in [0, 0.05) is 38.9 Å². The lowest BCUT2D eigenvalue weighted by Gasteiger charge is -2.36. The summed E-state index contributed by atoms with van der Waals surface area (Å²) in [6.07, 6.45) is -1.50. The highest BCUT2D eigenvalue weighted by molar-refractivity contribution is 6.06. The van der Waals surface area contributed by atoms with Crippen LogP contribution >= 0.6 is 0 Å². The van der Waals surface area contributed by atoms with Crippen molar-refractivity contribution >= 4 is 136 Å². The van der Waals surface area contributed by atoms with Gasteiger partial charge in [-0.2, -0.15) is 0 Å². The molecule has 46 nitrogen and oxygen atoms in total. The Morgan fingerprint density at radius 1 is 0.399 bits per heavy atom. The van der Waals surface area contributed by atoms with Crippen LogP contribution in [0.15, 0.2) is 30.3 Å². The molecule has 772 valence electrons. The van der Waals surface area contributed by atoms with E-state index in [1.54, 1.807) is 71.9 Å². The number of primary amides is 3. The Kier molecular flexibility index (Phi) is 43.7. The molecule has 46 heteroatoms. The van der Waals surface area contributed by atoms with E-state index in [2.05, 4.69) is 90.4 Å². The summed E-state index contributed by atoms with van der Waals surface area (Å²) in [6.45, 7) is 34.1. The van der Waals surface area contributed by atoms with Crippen molar-refractivity contribution in [3.05, 3.63) is 35.9 Å². The Hall–Kier alpha value is -12.8. The van der Waals surface area contributed by atoms with Gasteiger partial charge >= 0.3 is 0 Å². The standard InChI is InChI=1S/C92H150N22O24/c1-47(2)42-59(73(127)109-92(24,25)84(138)114-40-29-32-60(114)74(128)104-65(48(3)4)75(129)111-91(22,23)82(136)112-90(20,21)80(134)103-57(34-37-62(94)118)71(125)102-56(33-36-61(93)117)70(124)99-55(46-115)43-53-30-27-26-28-31-53)100-64(120)44-96-77(131)86(12,13)110-76(130)66(49(5)6)105-81(135)89(18,19)108-72(126)58(35-38-63(95)119)101-67(121)50(7)97-78(132)87(14,15)106-68(122)51(8)98-79(133)88(16,17)107-69(123)54-39-41-113(45-54)83(137)85(10,11)52(9)116/h26-28,30-31,47-51,54-60,65-66,115H,29,32-46H2,1-25H3,(H2,93,117)(H2,94,118)(H2,95,119)(H,96,131)(H,97,132)(H,98,133)(H,99,124)(H,100,120)(H,101,121)(H,102,125)(H,103,134)(H,104,128)(H,105,135)(H,106,122)(H,107,123)(H,108,126)(H,109,127)(H,110,130)(H,111,129)(H,112,136)/t50-,51-,54+,55-,56-,57-,58-,59-,60+,65-,66-/m0/s1. The van der Waals surface area contributed by atoms with E-state index in [-0.39, 0.29) is 69.9 Å². The number of nitrogens with two attached hydrogens (primary N) is 3. The third kappa shape index (κ3) is 36.3. The van der Waals surface area contributed by atoms with Crippen LogP contribution in [0.1, 0.15) is 243 Å². The van der Waals surface area contributed by atoms with Crippen LogP contribution in [0.5, 0.6) is 0 Å². The molecule has 0 aromatic heterocycles. The fraction of sp³-hybridized carbons (Fsp3) is 0.685. The summed E-state index contributed by atoms with van der Waals surface area (Å²) < 4.78 is 0. The maximum Gasteiger partial charge on any atom is 0.248 e. The van der Waals surface area contributed by atoms with Gasteiger partial charge < -0.3 is 122 Å². The van der Waals surface area contributed by atoms with Gasteiger partial charge in [-0.1, -0.05) is 71.9 Å². The van der Waals surface area contributed by atoms with Crippen LogP contribution in [-0.4, -0.2) is 283 Å². The molecule has 24 N–H and O–H groups in total. The third-order valence-corrected chi connectivity index (χ3v) is 23.6. The maximum absolute atomic E-state index is 14.6. The monoisotopic (exact) mass is 1950 g/mol. The molecule has 22 amide bonds. The van der Waals surface area contributed by atoms with Gasteiger partial charge in [-0.05, 0) is 206 Å². The Morgan fingerprint density at radius 3 is 1.29 bits per heavy atom. The van der Waals surface area contributed by atoms with Crippen LogP contribution in [0.25, 0.3) is 0 Å². The Bertz CT molecular complexity index is 4680. The molecule has 2 aliphatic rings. The second kappa shape index (κ2) is 50.5. The summed E-state index contributed by atoms with van der Waals surface area (Å²) in [4.78, 5) is 315. The van der Waals surface area contributed by atoms with Gasteiger partial charge in [0.2, 0.25) is 130 Å². The van der Waals surface area contributed by atoms with Crippen LogP contribution in [-0.2, 0) is 117 Å². The van der Waals surface area contributed by atoms with Crippen LogP contribution in [0.2, 0.25) is 0 Å². The first-order chi connectivity index (χ1) is 63.3. The van der Waals surface area contributed by atoms with E-state index >= 15 is 0 Å². The number of carbonyl (C=O) groups is 23. The number of carbonyl (C=O) groups excluding carboxylic acids is 23. The molecule has 11 atom stereocenters. The predicted molar refractivity (Wildman–Crippen MR) is 503 cm³/mol. The fourth-order valence-electron chi connectivity index (χ4n) is 14.4. The molecule has 0 radical (unpaired) electrons. The van der Waals surface area contributed by atoms with Crippen molar-refractivity contribution in [2.75, 3.05) is 32.8 Å². The molecule has 2 saturated heterocycles. The molecule has 1 aromatic rings. The van der Waals surface area contributed by atoms with Gasteiger partial charge in [-0.3, -0.25) is 110 Å². The molecule has 0 spiro atoms. The fourth-order valence-corrected chi connectivity index (χ4v) is 14.4. The molecule has 138 heavy (non-hydrogen) atoms. The first-order valence-corrected chi connectivity index (χ1v) is 46.2. The molecule has 2 aliphatic heterocycles. The molecular formula is C92H150N22O24. The second-order valence-electron chi connectivity index (χ2n) is 40.8. The zero-order chi connectivity index (χ0) is 106. The summed E-state index contributed by atoms with van der Waals surface area (Å²) in [5.41, 5.74) is 3.13. The van der Waals surface area contributed by atoms with E-state index < -0.39 is 291 Å². The number of nitrogens with one attached hydrogen (secondary N) is 17. The van der Waals surface area contributed by atoms with Crippen LogP contribution in [0, 0.1) is 29.1 Å². The minimum absolute atomic E-state index is 0.00826. The van der Waals surface area contributed by atoms with Crippen LogP contribution < -0.4 is 108 Å². The summed E-state index contributed by atoms with van der Waals surface area (Å²) in [5.74, 6) is -21.3. The third-order valence-electron chi connectivity index (χ3n) is 23.6. The Morgan fingerprint density at radius 2 is 0.804 bits per heavy atom. The van der Waals surface area contributed by atoms with E-state index in [9.17, 15) is 115 Å². The summed E-state index contributed by atoms with van der Waals surface area (Å²) in [5, 5.41) is 53.5. The lowest BCUT2D eigenvalue weighted by molar-refractivity contribution is -0.146. The number of nitrogens with zero attached hydrogens (tertiary/aromatic N) is 2. The van der Waals surface area contributed by atoms with Gasteiger partial charge in [0.25, 0.3) is 0 Å². The van der Waals surface area contributed by atoms with E-state index in [1.165, 1.54) is 141 Å². The largest absolute Gasteiger partial charge is 0.394 e. The minimum atomic E-state index is -1.90. The number of likely N-dealkylation sites (tertiary alicyclic amines) is 2. The molecule has 0 unspecified atom stereocenters. The lowest BCUT2D eigenvalue weighted by Crippen LogP contribution is -2.66. The van der Waals surface area contributed by atoms with Crippen molar-refractivity contribution < 1.29 is 115 Å². The number of hydrogen-bond donors (Lipinski definition) is 21. The SMILES string of the molecule is CC(=O)C(C)(C)C(=O)N1CC[C@@H](C(=O)NC(C)(C)C(=O)N[C@@H](C)C(=O)NC(C)(C)C(=O)N[C@@H](C)C(=O)N[C@@H](CCC(N)=O)C(=O)NC(C)(C)C(=O)N[C@H](C(=O)NC(C)(C)C(=O)NCC(=O)N[C@@H](CC(C)C)C(=O)NC(C)(C)C(=O)N2CCC[C@@H]2C(=O)N[C@H](C(=O)NC(C)(C)C(=O)NC(C)(C)C(=O)N[C@@H](CCC(N)=O)C(=O)N[C@@H](CCC(N)=O)C(=O)N[C@H](CO)Cc2ccccc2)C(C)C)C(C)C)C1. The van der Waals surface area contributed by atoms with Crippen molar-refractivity contribution in [3.63, 3.8) is 0 Å². The van der Waals surface area contributed by atoms with E-state index in [1.807, 2.05) is 0 Å². The summed E-state index contributed by atoms with van der Waals surface area (Å²) in [6, 6.07) is -4.60. The minimum Gasteiger partial charge on any atom is -0.394 e. The number of aliphatic hydroxyl groups excluding tert-OH is 1. The molecule has 2 heterocycles. The summed E-state index contributed by atoms with van der Waals surface area (Å²) in [7, 11) is 0. The average Bonchev–Trinajstić information content (AvgIpc) is 1.56. The second-order valence-corrected chi connectivity index (χ2v) is 40.8.